The van der Waals surface area contributed by atoms with E-state index in [1.807, 2.05) is 6.92 Å². The average molecular weight is 248 g/mol. The molecule has 14 heavy (non-hydrogen) atoms. The molecule has 0 rings (SSSR count). The molecular weight excluding hydrogens is 231 g/mol. The van der Waals surface area contributed by atoms with Gasteiger partial charge in [-0.05, 0) is 13.3 Å². The van der Waals surface area contributed by atoms with Crippen LogP contribution in [0.25, 0.3) is 0 Å². The molecule has 80 valence electrons. The van der Waals surface area contributed by atoms with Crippen LogP contribution in [0.3, 0.4) is 0 Å². The monoisotopic (exact) mass is 248 g/mol. The van der Waals surface area contributed by atoms with E-state index in [0.717, 1.165) is 12.8 Å². The van der Waals surface area contributed by atoms with Gasteiger partial charge in [-0.15, -0.1) is 0 Å². The minimum Gasteiger partial charge on any atom is -1.00 e. The Morgan fingerprint density at radius 1 is 1.50 bits per heavy atom. The molecule has 0 heterocycles. The summed E-state index contributed by atoms with van der Waals surface area (Å²) < 4.78 is 0. The second kappa shape index (κ2) is 13.6. The maximum Gasteiger partial charge on any atom is 1.00 e. The topological polar surface area (TPSA) is 72.2 Å². The second-order valence-electron chi connectivity index (χ2n) is 2.48. The molecule has 4 nitrogen and oxygen atoms in total. The number of primary amides is 1. The molecule has 0 aromatic heterocycles. The first-order valence-corrected chi connectivity index (χ1v) is 4.77. The smallest absolute Gasteiger partial charge is 1.00 e. The van der Waals surface area contributed by atoms with Gasteiger partial charge in [0.25, 0.3) is 10.5 Å². The van der Waals surface area contributed by atoms with Gasteiger partial charge in [0.2, 0.25) is 0 Å². The average Bonchev–Trinajstić information content (AvgIpc) is 1.83. The normalized spacial score (nSPS) is 10.0. The molecule has 0 saturated heterocycles. The van der Waals surface area contributed by atoms with Gasteiger partial charge in [-0.2, -0.15) is 0 Å². The van der Waals surface area contributed by atoms with E-state index < -0.39 is 5.24 Å². The summed E-state index contributed by atoms with van der Waals surface area (Å²) in [7, 11) is 0. The maximum absolute atomic E-state index is 10.3. The molecule has 0 saturated carbocycles. The van der Waals surface area contributed by atoms with E-state index in [2.05, 4.69) is 43.2 Å². The summed E-state index contributed by atoms with van der Waals surface area (Å²) in [6, 6.07) is 0.264. The molecule has 0 radical (unpaired) electrons. The fourth-order valence-electron chi connectivity index (χ4n) is 0.716. The fraction of sp³-hybridized carbons (Fsp3) is 0.714. The largest absolute Gasteiger partial charge is 1.00 e. The summed E-state index contributed by atoms with van der Waals surface area (Å²) in [4.78, 5) is 19.4. The molecule has 0 bridgehead atoms. The van der Waals surface area contributed by atoms with Crippen LogP contribution in [0.2, 0.25) is 0 Å². The predicted octanol–water partition coefficient (Wildman–Crippen LogP) is -1.07. The van der Waals surface area contributed by atoms with E-state index in [1.165, 1.54) is 0 Å². The molecule has 0 spiro atoms. The van der Waals surface area contributed by atoms with Crippen molar-refractivity contribution in [3.63, 3.8) is 0 Å². The Balaban J connectivity index is -0.0000000883. The third kappa shape index (κ3) is 29.3. The molecule has 0 aliphatic heterocycles. The minimum absolute atomic E-state index is 0. The number of amides is 2. The number of carbonyl (C=O) groups excluding carboxylic acids is 2. The van der Waals surface area contributed by atoms with E-state index in [-0.39, 0.29) is 42.3 Å². The summed E-state index contributed by atoms with van der Waals surface area (Å²) in [6.07, 6.45) is 2.11. The number of thiol groups is 2. The number of rotatable bonds is 3. The molecule has 0 aromatic rings. The zero-order chi connectivity index (χ0) is 10.9. The fourth-order valence-corrected chi connectivity index (χ4v) is 0.936. The maximum atomic E-state index is 10.3. The van der Waals surface area contributed by atoms with Crippen molar-refractivity contribution in [3.05, 3.63) is 0 Å². The molecule has 0 fully saturated rings. The Bertz CT molecular complexity index is 171. The molecule has 1 atom stereocenters. The molecule has 0 aliphatic rings. The van der Waals surface area contributed by atoms with Gasteiger partial charge in [0.05, 0.1) is 0 Å². The summed E-state index contributed by atoms with van der Waals surface area (Å²) >= 11 is 6.69. The van der Waals surface area contributed by atoms with Gasteiger partial charge in [0.15, 0.2) is 0 Å². The number of hydrogen-bond acceptors (Lipinski definition) is 2. The van der Waals surface area contributed by atoms with Gasteiger partial charge in [0.1, 0.15) is 0 Å². The quantitative estimate of drug-likeness (QED) is 0.379. The predicted molar refractivity (Wildman–Crippen MR) is 61.6 cm³/mol. The van der Waals surface area contributed by atoms with Crippen molar-refractivity contribution >= 4 is 35.7 Å². The molecule has 3 N–H and O–H groups in total. The summed E-state index contributed by atoms with van der Waals surface area (Å²) in [5.41, 5.74) is 4.34. The van der Waals surface area contributed by atoms with Crippen molar-refractivity contribution in [2.24, 2.45) is 5.73 Å². The summed E-state index contributed by atoms with van der Waals surface area (Å²) in [5.74, 6) is 0. The molecule has 2 amide bonds. The van der Waals surface area contributed by atoms with Gasteiger partial charge in [0, 0.05) is 6.04 Å². The Morgan fingerprint density at radius 2 is 1.86 bits per heavy atom. The van der Waals surface area contributed by atoms with E-state index >= 15 is 0 Å². The van der Waals surface area contributed by atoms with Crippen molar-refractivity contribution in [1.82, 2.24) is 5.32 Å². The van der Waals surface area contributed by atoms with Gasteiger partial charge in [-0.3, -0.25) is 9.59 Å². The van der Waals surface area contributed by atoms with Crippen LogP contribution >= 0.6 is 25.3 Å². The zero-order valence-corrected chi connectivity index (χ0v) is 12.6. The van der Waals surface area contributed by atoms with Crippen LogP contribution in [0.5, 0.6) is 0 Å². The zero-order valence-electron chi connectivity index (χ0n) is 9.78. The van der Waals surface area contributed by atoms with Crippen LogP contribution in [0.4, 0.5) is 9.59 Å². The Kier molecular flexibility index (Phi) is 19.6. The summed E-state index contributed by atoms with van der Waals surface area (Å²) in [5, 5.41) is 1.79. The Morgan fingerprint density at radius 3 is 2.07 bits per heavy atom. The minimum atomic E-state index is -0.639. The molecular formula is C7H17N2NaO2S2. The molecule has 1 unspecified atom stereocenters. The van der Waals surface area contributed by atoms with Gasteiger partial charge in [-0.25, -0.2) is 0 Å². The van der Waals surface area contributed by atoms with Crippen LogP contribution in [-0.2, 0) is 0 Å². The Hall–Kier alpha value is 0.640. The van der Waals surface area contributed by atoms with Gasteiger partial charge in [-0.1, -0.05) is 38.6 Å². The van der Waals surface area contributed by atoms with Crippen molar-refractivity contribution < 1.29 is 40.6 Å². The first-order valence-electron chi connectivity index (χ1n) is 3.88. The van der Waals surface area contributed by atoms with Gasteiger partial charge >= 0.3 is 29.6 Å². The van der Waals surface area contributed by atoms with Crippen LogP contribution in [0, 0.1) is 0 Å². The van der Waals surface area contributed by atoms with Crippen molar-refractivity contribution in [3.8, 4) is 0 Å². The standard InChI is InChI=1S/C6H13NOS.CH3NOS.Na.H/c1-3-4-5(2)7-6(8)9;2-1(3)4;;/h5H,3-4H2,1-2H3,(H2,7,8,9);(H3,2,3,4);;/q;;+1;-1. The van der Waals surface area contributed by atoms with E-state index in [9.17, 15) is 4.79 Å². The number of hydrogen-bond donors (Lipinski definition) is 4. The SMILES string of the molecule is CCCC(C)NC(=O)S.NC(=O)S.[H-].[Na+]. The van der Waals surface area contributed by atoms with Crippen molar-refractivity contribution in [1.29, 1.82) is 0 Å². The second-order valence-corrected chi connectivity index (χ2v) is 3.32. The van der Waals surface area contributed by atoms with Crippen molar-refractivity contribution in [2.75, 3.05) is 0 Å². The number of nitrogens with two attached hydrogens (primary N) is 1. The molecule has 0 aliphatic carbocycles. The molecule has 7 heteroatoms. The van der Waals surface area contributed by atoms with Crippen LogP contribution in [0.1, 0.15) is 28.1 Å². The number of nitrogens with one attached hydrogen (secondary N) is 1. The number of carbonyl (C=O) groups is 2. The van der Waals surface area contributed by atoms with E-state index in [0.29, 0.717) is 0 Å². The third-order valence-electron chi connectivity index (χ3n) is 1.09. The van der Waals surface area contributed by atoms with Crippen LogP contribution in [-0.4, -0.2) is 16.5 Å². The van der Waals surface area contributed by atoms with E-state index in [4.69, 9.17) is 4.79 Å². The van der Waals surface area contributed by atoms with Crippen LogP contribution in [0.15, 0.2) is 0 Å². The molecule has 0 aromatic carbocycles. The first kappa shape index (κ1) is 20.1. The van der Waals surface area contributed by atoms with Crippen LogP contribution < -0.4 is 40.6 Å². The van der Waals surface area contributed by atoms with Gasteiger partial charge < -0.3 is 12.5 Å². The van der Waals surface area contributed by atoms with E-state index in [1.54, 1.807) is 0 Å². The Labute approximate surface area is 119 Å². The summed E-state index contributed by atoms with van der Waals surface area (Å²) in [6.45, 7) is 4.05. The third-order valence-corrected chi connectivity index (χ3v) is 1.22. The van der Waals surface area contributed by atoms with Crippen molar-refractivity contribution in [2.45, 2.75) is 32.7 Å². The first-order chi connectivity index (χ1) is 5.90.